The van der Waals surface area contributed by atoms with Gasteiger partial charge in [0.05, 0.1) is 34.4 Å². The Morgan fingerprint density at radius 3 is 2.56 bits per heavy atom. The zero-order valence-electron chi connectivity index (χ0n) is 8.43. The molecule has 0 aliphatic carbocycles. The van der Waals surface area contributed by atoms with Gasteiger partial charge in [-0.05, 0) is 12.1 Å². The molecule has 0 unspecified atom stereocenters. The first-order valence-corrected chi connectivity index (χ1v) is 7.07. The fourth-order valence-corrected chi connectivity index (χ4v) is 3.68. The van der Waals surface area contributed by atoms with Gasteiger partial charge in [0.15, 0.2) is 9.84 Å². The van der Waals surface area contributed by atoms with Crippen LogP contribution in [0, 0.1) is 0 Å². The smallest absolute Gasteiger partial charge is 0.155 e. The molecule has 0 spiro atoms. The monoisotopic (exact) mass is 261 g/mol. The number of rotatable bonds is 2. The van der Waals surface area contributed by atoms with E-state index in [-0.39, 0.29) is 11.5 Å². The molecule has 2 rings (SSSR count). The van der Waals surface area contributed by atoms with Crippen molar-refractivity contribution in [2.24, 2.45) is 0 Å². The molecule has 1 aromatic carbocycles. The van der Waals surface area contributed by atoms with E-state index in [1.807, 2.05) is 0 Å². The predicted octanol–water partition coefficient (Wildman–Crippen LogP) is 0.910. The Morgan fingerprint density at radius 1 is 1.31 bits per heavy atom. The van der Waals surface area contributed by atoms with E-state index >= 15 is 0 Å². The van der Waals surface area contributed by atoms with E-state index in [1.165, 1.54) is 0 Å². The Labute approximate surface area is 99.2 Å². The normalized spacial score (nSPS) is 27.9. The van der Waals surface area contributed by atoms with Crippen LogP contribution in [0.4, 0.5) is 5.69 Å². The number of hydrogen-bond donors (Lipinski definition) is 2. The van der Waals surface area contributed by atoms with Crippen molar-refractivity contribution in [2.45, 2.75) is 12.1 Å². The van der Waals surface area contributed by atoms with E-state index in [1.54, 1.807) is 24.3 Å². The van der Waals surface area contributed by atoms with Crippen molar-refractivity contribution in [3.05, 3.63) is 29.3 Å². The molecule has 0 radical (unpaired) electrons. The van der Waals surface area contributed by atoms with Crippen molar-refractivity contribution < 1.29 is 13.5 Å². The molecule has 4 nitrogen and oxygen atoms in total. The second-order valence-electron chi connectivity index (χ2n) is 3.87. The number of aliphatic hydroxyl groups is 1. The van der Waals surface area contributed by atoms with Crippen LogP contribution in [0.15, 0.2) is 24.3 Å². The fourth-order valence-electron chi connectivity index (χ4n) is 1.74. The summed E-state index contributed by atoms with van der Waals surface area (Å²) >= 11 is 5.93. The molecule has 0 aromatic heterocycles. The van der Waals surface area contributed by atoms with Crippen molar-refractivity contribution in [3.8, 4) is 0 Å². The number of hydrogen-bond acceptors (Lipinski definition) is 4. The molecule has 6 heteroatoms. The molecule has 0 saturated carbocycles. The molecule has 2 atom stereocenters. The molecule has 1 aliphatic heterocycles. The van der Waals surface area contributed by atoms with Gasteiger partial charge < -0.3 is 10.4 Å². The molecular formula is C10H12ClNO3S. The number of nitrogens with one attached hydrogen (secondary N) is 1. The maximum Gasteiger partial charge on any atom is 0.155 e. The highest BCUT2D eigenvalue weighted by atomic mass is 35.5. The summed E-state index contributed by atoms with van der Waals surface area (Å²) in [6, 6.07) is 6.56. The molecule has 0 bridgehead atoms. The molecule has 0 amide bonds. The van der Waals surface area contributed by atoms with Crippen molar-refractivity contribution in [1.29, 1.82) is 0 Å². The number of anilines is 1. The molecular weight excluding hydrogens is 250 g/mol. The highest BCUT2D eigenvalue weighted by Gasteiger charge is 2.36. The molecule has 1 aromatic rings. The van der Waals surface area contributed by atoms with Gasteiger partial charge >= 0.3 is 0 Å². The minimum absolute atomic E-state index is 0.0562. The SMILES string of the molecule is O=S1(=O)C[C@@H](O)[C@@H](Nc2ccccc2Cl)C1. The summed E-state index contributed by atoms with van der Waals surface area (Å²) < 4.78 is 22.6. The Bertz CT molecular complexity index is 489. The Morgan fingerprint density at radius 2 is 2.00 bits per heavy atom. The van der Waals surface area contributed by atoms with Crippen molar-refractivity contribution in [1.82, 2.24) is 0 Å². The second kappa shape index (κ2) is 4.24. The molecule has 1 fully saturated rings. The van der Waals surface area contributed by atoms with Crippen LogP contribution in [0.3, 0.4) is 0 Å². The van der Waals surface area contributed by atoms with E-state index in [9.17, 15) is 13.5 Å². The minimum atomic E-state index is -3.13. The summed E-state index contributed by atoms with van der Waals surface area (Å²) in [5.74, 6) is -0.242. The van der Waals surface area contributed by atoms with Gasteiger partial charge in [-0.2, -0.15) is 0 Å². The van der Waals surface area contributed by atoms with Crippen molar-refractivity contribution in [3.63, 3.8) is 0 Å². The first kappa shape index (κ1) is 11.7. The van der Waals surface area contributed by atoms with Crippen molar-refractivity contribution >= 4 is 27.1 Å². The lowest BCUT2D eigenvalue weighted by Crippen LogP contribution is -2.31. The molecule has 1 heterocycles. The zero-order valence-corrected chi connectivity index (χ0v) is 10.0. The van der Waals surface area contributed by atoms with Gasteiger partial charge in [-0.15, -0.1) is 0 Å². The summed E-state index contributed by atoms with van der Waals surface area (Å²) in [7, 11) is -3.13. The van der Waals surface area contributed by atoms with Gasteiger partial charge in [-0.1, -0.05) is 23.7 Å². The molecule has 1 aliphatic rings. The summed E-state index contributed by atoms with van der Waals surface area (Å²) in [5, 5.41) is 13.1. The molecule has 88 valence electrons. The van der Waals surface area contributed by atoms with Gasteiger partial charge in [0, 0.05) is 0 Å². The number of benzene rings is 1. The van der Waals surface area contributed by atoms with E-state index < -0.39 is 22.0 Å². The van der Waals surface area contributed by atoms with Crippen LogP contribution < -0.4 is 5.32 Å². The third-order valence-corrected chi connectivity index (χ3v) is 4.58. The van der Waals surface area contributed by atoms with Gasteiger partial charge in [0.25, 0.3) is 0 Å². The summed E-state index contributed by atoms with van der Waals surface area (Å²) in [6.45, 7) is 0. The van der Waals surface area contributed by atoms with Gasteiger partial charge in [-0.3, -0.25) is 0 Å². The molecule has 1 saturated heterocycles. The van der Waals surface area contributed by atoms with Crippen LogP contribution in [-0.4, -0.2) is 37.2 Å². The van der Waals surface area contributed by atoms with Gasteiger partial charge in [-0.25, -0.2) is 8.42 Å². The molecule has 16 heavy (non-hydrogen) atoms. The first-order valence-electron chi connectivity index (χ1n) is 4.87. The van der Waals surface area contributed by atoms with Crippen LogP contribution in [-0.2, 0) is 9.84 Å². The fraction of sp³-hybridized carbons (Fsp3) is 0.400. The number of halogens is 1. The second-order valence-corrected chi connectivity index (χ2v) is 6.44. The Hall–Kier alpha value is -0.780. The van der Waals surface area contributed by atoms with Crippen molar-refractivity contribution in [2.75, 3.05) is 16.8 Å². The average Bonchev–Trinajstić information content (AvgIpc) is 2.44. The Balaban J connectivity index is 2.15. The third kappa shape index (κ3) is 2.48. The summed E-state index contributed by atoms with van der Waals surface area (Å²) in [6.07, 6.45) is -0.874. The largest absolute Gasteiger partial charge is 0.390 e. The topological polar surface area (TPSA) is 66.4 Å². The minimum Gasteiger partial charge on any atom is -0.390 e. The third-order valence-electron chi connectivity index (χ3n) is 2.54. The van der Waals surface area contributed by atoms with E-state index in [0.717, 1.165) is 0 Å². The van der Waals surface area contributed by atoms with Gasteiger partial charge in [0.1, 0.15) is 0 Å². The lowest BCUT2D eigenvalue weighted by molar-refractivity contribution is 0.190. The summed E-state index contributed by atoms with van der Waals surface area (Å²) in [4.78, 5) is 0. The molecule has 2 N–H and O–H groups in total. The zero-order chi connectivity index (χ0) is 11.8. The van der Waals surface area contributed by atoms with E-state index in [4.69, 9.17) is 11.6 Å². The van der Waals surface area contributed by atoms with E-state index in [2.05, 4.69) is 5.32 Å². The predicted molar refractivity (Wildman–Crippen MR) is 63.5 cm³/mol. The Kier molecular flexibility index (Phi) is 3.10. The highest BCUT2D eigenvalue weighted by Crippen LogP contribution is 2.24. The number of sulfone groups is 1. The highest BCUT2D eigenvalue weighted by molar-refractivity contribution is 7.91. The quantitative estimate of drug-likeness (QED) is 0.831. The standard InChI is InChI=1S/C10H12ClNO3S/c11-7-3-1-2-4-8(7)12-9-5-16(14,15)6-10(9)13/h1-4,9-10,12-13H,5-6H2/t9-,10+/m0/s1. The lowest BCUT2D eigenvalue weighted by atomic mass is 10.2. The lowest BCUT2D eigenvalue weighted by Gasteiger charge is -2.17. The summed E-state index contributed by atoms with van der Waals surface area (Å²) in [5.41, 5.74) is 0.644. The van der Waals surface area contributed by atoms with Crippen LogP contribution in [0.1, 0.15) is 0 Å². The van der Waals surface area contributed by atoms with Crippen LogP contribution in [0.5, 0.6) is 0 Å². The van der Waals surface area contributed by atoms with E-state index in [0.29, 0.717) is 10.7 Å². The first-order chi connectivity index (χ1) is 7.48. The number of aliphatic hydroxyl groups excluding tert-OH is 1. The maximum atomic E-state index is 11.3. The maximum absolute atomic E-state index is 11.3. The van der Waals surface area contributed by atoms with Crippen LogP contribution in [0.25, 0.3) is 0 Å². The van der Waals surface area contributed by atoms with Crippen LogP contribution >= 0.6 is 11.6 Å². The van der Waals surface area contributed by atoms with Crippen LogP contribution in [0.2, 0.25) is 5.02 Å². The average molecular weight is 262 g/mol. The van der Waals surface area contributed by atoms with Gasteiger partial charge in [0.2, 0.25) is 0 Å². The number of para-hydroxylation sites is 1.